The second kappa shape index (κ2) is 7.85. The number of hydrogen-bond donors (Lipinski definition) is 2. The maximum absolute atomic E-state index is 10.6. The molecule has 17 heavy (non-hydrogen) atoms. The lowest BCUT2D eigenvalue weighted by Gasteiger charge is -2.08. The quantitative estimate of drug-likeness (QED) is 0.787. The van der Waals surface area contributed by atoms with Gasteiger partial charge in [0.05, 0.1) is 0 Å². The molecule has 0 bridgehead atoms. The van der Waals surface area contributed by atoms with Crippen LogP contribution >= 0.6 is 0 Å². The molecule has 0 radical (unpaired) electrons. The van der Waals surface area contributed by atoms with Crippen molar-refractivity contribution in [1.82, 2.24) is 5.32 Å². The van der Waals surface area contributed by atoms with Crippen LogP contribution in [-0.4, -0.2) is 19.0 Å². The molecular formula is C14H24N2O. The van der Waals surface area contributed by atoms with Crippen LogP contribution in [0.25, 0.3) is 0 Å². The molecule has 2 rings (SSSR count). The predicted molar refractivity (Wildman–Crippen MR) is 74.3 cm³/mol. The first kappa shape index (κ1) is 13.7. The van der Waals surface area contributed by atoms with Crippen molar-refractivity contribution in [2.24, 2.45) is 0 Å². The zero-order valence-electron chi connectivity index (χ0n) is 10.8. The van der Waals surface area contributed by atoms with Gasteiger partial charge in [0.25, 0.3) is 0 Å². The Bertz CT molecular complexity index is 323. The fourth-order valence-electron chi connectivity index (χ4n) is 1.64. The maximum Gasteiger partial charge on any atom is 0.221 e. The second-order valence-corrected chi connectivity index (χ2v) is 4.36. The van der Waals surface area contributed by atoms with E-state index in [4.69, 9.17) is 0 Å². The van der Waals surface area contributed by atoms with Gasteiger partial charge in [0.15, 0.2) is 0 Å². The largest absolute Gasteiger partial charge is 0.326 e. The van der Waals surface area contributed by atoms with Gasteiger partial charge in [-0.25, -0.2) is 0 Å². The standard InChI is InChI=1S/C9H11NO.C5H11N.H2/c1-7-3-5-9(6-4-7)10-8(2)11;1-2-4-6-5-3-1;/h3-6H,1-2H3,(H,10,11);6H,1-5H2;1H. The molecule has 1 aliphatic rings. The summed E-state index contributed by atoms with van der Waals surface area (Å²) in [4.78, 5) is 10.6. The average molecular weight is 236 g/mol. The minimum absolute atomic E-state index is 0. The summed E-state index contributed by atoms with van der Waals surface area (Å²) in [6, 6.07) is 7.70. The van der Waals surface area contributed by atoms with Crippen molar-refractivity contribution in [2.45, 2.75) is 33.1 Å². The van der Waals surface area contributed by atoms with E-state index in [-0.39, 0.29) is 7.33 Å². The van der Waals surface area contributed by atoms with Crippen LogP contribution in [-0.2, 0) is 4.79 Å². The molecular weight excluding hydrogens is 212 g/mol. The lowest BCUT2D eigenvalue weighted by Crippen LogP contribution is -2.21. The summed E-state index contributed by atoms with van der Waals surface area (Å²) in [7, 11) is 0. The molecule has 0 aliphatic carbocycles. The van der Waals surface area contributed by atoms with Gasteiger partial charge in [-0.05, 0) is 45.0 Å². The Morgan fingerprint density at radius 2 is 1.76 bits per heavy atom. The molecule has 1 amide bonds. The van der Waals surface area contributed by atoms with Crippen molar-refractivity contribution in [2.75, 3.05) is 18.4 Å². The topological polar surface area (TPSA) is 41.1 Å². The molecule has 1 aliphatic heterocycles. The third-order valence-corrected chi connectivity index (χ3v) is 2.58. The third-order valence-electron chi connectivity index (χ3n) is 2.58. The van der Waals surface area contributed by atoms with Crippen molar-refractivity contribution in [3.8, 4) is 0 Å². The summed E-state index contributed by atoms with van der Waals surface area (Å²) >= 11 is 0. The van der Waals surface area contributed by atoms with Crippen LogP contribution in [0, 0.1) is 6.92 Å². The molecule has 3 heteroatoms. The summed E-state index contributed by atoms with van der Waals surface area (Å²) in [6.07, 6.45) is 4.22. The Balaban J connectivity index is 0.000000352. The maximum atomic E-state index is 10.6. The van der Waals surface area contributed by atoms with Gasteiger partial charge in [0.1, 0.15) is 0 Å². The number of piperidine rings is 1. The SMILES string of the molecule is C1CCNCC1.CC(=O)Nc1ccc(C)cc1.[HH]. The predicted octanol–water partition coefficient (Wildman–Crippen LogP) is 2.96. The normalized spacial score (nSPS) is 14.5. The lowest BCUT2D eigenvalue weighted by atomic mass is 10.2. The monoisotopic (exact) mass is 236 g/mol. The van der Waals surface area contributed by atoms with Gasteiger partial charge in [-0.2, -0.15) is 0 Å². The minimum atomic E-state index is -0.0335. The lowest BCUT2D eigenvalue weighted by molar-refractivity contribution is -0.114. The van der Waals surface area contributed by atoms with Crippen molar-refractivity contribution in [1.29, 1.82) is 0 Å². The Morgan fingerprint density at radius 3 is 2.12 bits per heavy atom. The van der Waals surface area contributed by atoms with Crippen LogP contribution < -0.4 is 10.6 Å². The van der Waals surface area contributed by atoms with E-state index in [2.05, 4.69) is 10.6 Å². The van der Waals surface area contributed by atoms with Crippen LogP contribution in [0.5, 0.6) is 0 Å². The van der Waals surface area contributed by atoms with Crippen LogP contribution in [0.1, 0.15) is 33.2 Å². The minimum Gasteiger partial charge on any atom is -0.326 e. The first-order valence-electron chi connectivity index (χ1n) is 6.23. The number of anilines is 1. The van der Waals surface area contributed by atoms with E-state index >= 15 is 0 Å². The van der Waals surface area contributed by atoms with Crippen molar-refractivity contribution >= 4 is 11.6 Å². The Morgan fingerprint density at radius 1 is 1.18 bits per heavy atom. The van der Waals surface area contributed by atoms with E-state index in [9.17, 15) is 4.79 Å². The zero-order valence-corrected chi connectivity index (χ0v) is 10.8. The summed E-state index contributed by atoms with van der Waals surface area (Å²) in [6.45, 7) is 6.01. The molecule has 0 atom stereocenters. The van der Waals surface area contributed by atoms with Gasteiger partial charge >= 0.3 is 0 Å². The van der Waals surface area contributed by atoms with Gasteiger partial charge in [0, 0.05) is 14.0 Å². The second-order valence-electron chi connectivity index (χ2n) is 4.36. The Kier molecular flexibility index (Phi) is 6.33. The van der Waals surface area contributed by atoms with E-state index in [0.717, 1.165) is 5.69 Å². The first-order chi connectivity index (χ1) is 8.18. The summed E-state index contributed by atoms with van der Waals surface area (Å²) < 4.78 is 0. The summed E-state index contributed by atoms with van der Waals surface area (Å²) in [5, 5.41) is 5.98. The van der Waals surface area contributed by atoms with Gasteiger partial charge in [-0.3, -0.25) is 4.79 Å². The van der Waals surface area contributed by atoms with Crippen molar-refractivity contribution in [3.63, 3.8) is 0 Å². The highest BCUT2D eigenvalue weighted by atomic mass is 16.1. The molecule has 0 saturated carbocycles. The smallest absolute Gasteiger partial charge is 0.221 e. The highest BCUT2D eigenvalue weighted by Gasteiger charge is 1.94. The number of nitrogens with one attached hydrogen (secondary N) is 2. The van der Waals surface area contributed by atoms with E-state index in [1.165, 1.54) is 44.8 Å². The molecule has 1 aromatic rings. The van der Waals surface area contributed by atoms with Crippen molar-refractivity contribution in [3.05, 3.63) is 29.8 Å². The molecule has 1 aromatic carbocycles. The number of hydrogen-bond acceptors (Lipinski definition) is 2. The molecule has 3 nitrogen and oxygen atoms in total. The molecule has 1 saturated heterocycles. The van der Waals surface area contributed by atoms with Crippen LogP contribution in [0.2, 0.25) is 0 Å². The van der Waals surface area contributed by atoms with E-state index in [1.807, 2.05) is 31.2 Å². The third kappa shape index (κ3) is 6.74. The number of benzene rings is 1. The van der Waals surface area contributed by atoms with Crippen LogP contribution in [0.15, 0.2) is 24.3 Å². The highest BCUT2D eigenvalue weighted by molar-refractivity contribution is 5.88. The highest BCUT2D eigenvalue weighted by Crippen LogP contribution is 2.07. The molecule has 0 aromatic heterocycles. The van der Waals surface area contributed by atoms with Gasteiger partial charge in [0.2, 0.25) is 5.91 Å². The van der Waals surface area contributed by atoms with Crippen LogP contribution in [0.4, 0.5) is 5.69 Å². The fourth-order valence-corrected chi connectivity index (χ4v) is 1.64. The Labute approximate surface area is 105 Å². The Hall–Kier alpha value is -1.35. The average Bonchev–Trinajstić information content (AvgIpc) is 2.35. The number of carbonyl (C=O) groups is 1. The molecule has 2 N–H and O–H groups in total. The van der Waals surface area contributed by atoms with Gasteiger partial charge < -0.3 is 10.6 Å². The number of carbonyl (C=O) groups excluding carboxylic acids is 1. The van der Waals surface area contributed by atoms with E-state index < -0.39 is 0 Å². The van der Waals surface area contributed by atoms with Gasteiger partial charge in [-0.1, -0.05) is 24.1 Å². The number of rotatable bonds is 1. The first-order valence-corrected chi connectivity index (χ1v) is 6.23. The molecule has 0 spiro atoms. The van der Waals surface area contributed by atoms with Gasteiger partial charge in [-0.15, -0.1) is 0 Å². The molecule has 1 heterocycles. The zero-order chi connectivity index (χ0) is 12.5. The summed E-state index contributed by atoms with van der Waals surface area (Å²) in [5.41, 5.74) is 2.04. The van der Waals surface area contributed by atoms with Crippen molar-refractivity contribution < 1.29 is 6.22 Å². The molecule has 1 fully saturated rings. The number of aryl methyl sites for hydroxylation is 1. The summed E-state index contributed by atoms with van der Waals surface area (Å²) in [5.74, 6) is -0.0335. The fraction of sp³-hybridized carbons (Fsp3) is 0.500. The van der Waals surface area contributed by atoms with Crippen LogP contribution in [0.3, 0.4) is 0 Å². The van der Waals surface area contributed by atoms with E-state index in [1.54, 1.807) is 0 Å². The number of amides is 1. The molecule has 96 valence electrons. The van der Waals surface area contributed by atoms with E-state index in [0.29, 0.717) is 0 Å². The molecule has 0 unspecified atom stereocenters.